The fraction of sp³-hybridized carbons (Fsp3) is 0.0526. The van der Waals surface area contributed by atoms with Crippen LogP contribution in [0.2, 0.25) is 5.15 Å². The Morgan fingerprint density at radius 1 is 0.885 bits per heavy atom. The van der Waals surface area contributed by atoms with Gasteiger partial charge in [-0.25, -0.2) is 0 Å². The van der Waals surface area contributed by atoms with Gasteiger partial charge in [-0.3, -0.25) is 4.68 Å². The van der Waals surface area contributed by atoms with Crippen molar-refractivity contribution in [2.75, 3.05) is 0 Å². The summed E-state index contributed by atoms with van der Waals surface area (Å²) >= 11 is 6.52. The quantitative estimate of drug-likeness (QED) is 0.490. The van der Waals surface area contributed by atoms with Crippen LogP contribution in [0.1, 0.15) is 5.56 Å². The summed E-state index contributed by atoms with van der Waals surface area (Å²) in [5.41, 5.74) is 4.35. The summed E-state index contributed by atoms with van der Waals surface area (Å²) in [6.07, 6.45) is 1.55. The zero-order chi connectivity index (χ0) is 17.5. The molecule has 6 nitrogen and oxygen atoms in total. The molecule has 0 bridgehead atoms. The minimum absolute atomic E-state index is 0.373. The summed E-state index contributed by atoms with van der Waals surface area (Å²) < 4.78 is 3.47. The van der Waals surface area contributed by atoms with Crippen LogP contribution < -0.4 is 0 Å². The van der Waals surface area contributed by atoms with Crippen LogP contribution in [-0.4, -0.2) is 29.6 Å². The van der Waals surface area contributed by atoms with E-state index < -0.39 is 0 Å². The highest BCUT2D eigenvalue weighted by atomic mass is 35.5. The summed E-state index contributed by atoms with van der Waals surface area (Å²) in [6.45, 7) is 0.593. The van der Waals surface area contributed by atoms with Gasteiger partial charge in [-0.05, 0) is 5.56 Å². The Morgan fingerprint density at radius 3 is 2.38 bits per heavy atom. The Bertz CT molecular complexity index is 1210. The Labute approximate surface area is 153 Å². The van der Waals surface area contributed by atoms with E-state index in [1.165, 1.54) is 0 Å². The number of benzene rings is 2. The lowest BCUT2D eigenvalue weighted by atomic mass is 10.1. The maximum atomic E-state index is 6.52. The molecule has 5 rings (SSSR count). The van der Waals surface area contributed by atoms with Gasteiger partial charge in [-0.1, -0.05) is 72.3 Å². The van der Waals surface area contributed by atoms with Gasteiger partial charge in [0.15, 0.2) is 10.8 Å². The Balaban J connectivity index is 1.83. The van der Waals surface area contributed by atoms with Crippen LogP contribution in [0.25, 0.3) is 27.8 Å². The number of hydrogen-bond acceptors (Lipinski definition) is 4. The SMILES string of the molecule is Clc1nn2cnnc2c2c(-c3ccccc3)nn(Cc3ccccc3)c12. The zero-order valence-corrected chi connectivity index (χ0v) is 14.4. The average Bonchev–Trinajstić information content (AvgIpc) is 3.28. The molecule has 0 saturated carbocycles. The van der Waals surface area contributed by atoms with E-state index >= 15 is 0 Å². The summed E-state index contributed by atoms with van der Waals surface area (Å²) in [6, 6.07) is 20.1. The van der Waals surface area contributed by atoms with Gasteiger partial charge in [0.05, 0.1) is 11.9 Å². The number of fused-ring (bicyclic) bond motifs is 3. The molecule has 0 aliphatic carbocycles. The predicted octanol–water partition coefficient (Wildman–Crippen LogP) is 3.84. The van der Waals surface area contributed by atoms with Gasteiger partial charge in [-0.2, -0.15) is 14.7 Å². The van der Waals surface area contributed by atoms with E-state index in [9.17, 15) is 0 Å². The van der Waals surface area contributed by atoms with Gasteiger partial charge < -0.3 is 0 Å². The van der Waals surface area contributed by atoms with Crippen molar-refractivity contribution >= 4 is 28.2 Å². The first-order valence-corrected chi connectivity index (χ1v) is 8.54. The molecule has 0 fully saturated rings. The highest BCUT2D eigenvalue weighted by Crippen LogP contribution is 2.33. The van der Waals surface area contributed by atoms with E-state index in [-0.39, 0.29) is 0 Å². The molecule has 0 N–H and O–H groups in total. The molecule has 5 aromatic rings. The van der Waals surface area contributed by atoms with Crippen molar-refractivity contribution < 1.29 is 0 Å². The molecule has 0 saturated heterocycles. The molecule has 0 aliphatic rings. The van der Waals surface area contributed by atoms with Crippen molar-refractivity contribution in [1.82, 2.24) is 29.6 Å². The Morgan fingerprint density at radius 2 is 1.62 bits per heavy atom. The van der Waals surface area contributed by atoms with Crippen molar-refractivity contribution in [2.24, 2.45) is 0 Å². The van der Waals surface area contributed by atoms with E-state index in [1.54, 1.807) is 10.8 Å². The second-order valence-electron chi connectivity index (χ2n) is 5.97. The molecule has 126 valence electrons. The third-order valence-corrected chi connectivity index (χ3v) is 4.57. The summed E-state index contributed by atoms with van der Waals surface area (Å²) in [5, 5.41) is 18.7. The number of nitrogens with zero attached hydrogens (tertiary/aromatic N) is 6. The highest BCUT2D eigenvalue weighted by molar-refractivity contribution is 6.34. The monoisotopic (exact) mass is 360 g/mol. The van der Waals surface area contributed by atoms with E-state index in [4.69, 9.17) is 16.7 Å². The second-order valence-corrected chi connectivity index (χ2v) is 6.33. The molecule has 0 radical (unpaired) electrons. The first-order chi connectivity index (χ1) is 12.8. The predicted molar refractivity (Wildman–Crippen MR) is 100 cm³/mol. The molecule has 7 heteroatoms. The third kappa shape index (κ3) is 2.34. The number of aromatic nitrogens is 6. The topological polar surface area (TPSA) is 60.9 Å². The summed E-state index contributed by atoms with van der Waals surface area (Å²) in [5.74, 6) is 0. The molecule has 0 atom stereocenters. The lowest BCUT2D eigenvalue weighted by Gasteiger charge is -2.04. The van der Waals surface area contributed by atoms with Crippen molar-refractivity contribution in [2.45, 2.75) is 6.54 Å². The molecule has 2 aromatic carbocycles. The molecule has 0 unspecified atom stereocenters. The normalized spacial score (nSPS) is 11.4. The van der Waals surface area contributed by atoms with E-state index in [0.717, 1.165) is 27.7 Å². The van der Waals surface area contributed by atoms with Crippen LogP contribution in [0.4, 0.5) is 0 Å². The van der Waals surface area contributed by atoms with Crippen LogP contribution in [0, 0.1) is 0 Å². The van der Waals surface area contributed by atoms with Crippen LogP contribution >= 0.6 is 11.6 Å². The van der Waals surface area contributed by atoms with Crippen LogP contribution in [0.3, 0.4) is 0 Å². The van der Waals surface area contributed by atoms with Gasteiger partial charge in [0.2, 0.25) is 0 Å². The van der Waals surface area contributed by atoms with Crippen molar-refractivity contribution in [3.63, 3.8) is 0 Å². The van der Waals surface area contributed by atoms with E-state index in [2.05, 4.69) is 27.4 Å². The van der Waals surface area contributed by atoms with Crippen LogP contribution in [0.5, 0.6) is 0 Å². The third-order valence-electron chi connectivity index (χ3n) is 4.32. The molecular formula is C19H13ClN6. The Kier molecular flexibility index (Phi) is 3.43. The highest BCUT2D eigenvalue weighted by Gasteiger charge is 2.21. The van der Waals surface area contributed by atoms with Gasteiger partial charge in [-0.15, -0.1) is 10.2 Å². The standard InChI is InChI=1S/C19H13ClN6/c20-18-17-15(19-22-21-12-26(19)24-18)16(14-9-5-2-6-10-14)23-25(17)11-13-7-3-1-4-8-13/h1-10,12H,11H2. The summed E-state index contributed by atoms with van der Waals surface area (Å²) in [4.78, 5) is 0. The average molecular weight is 361 g/mol. The molecule has 3 heterocycles. The number of rotatable bonds is 3. The first-order valence-electron chi connectivity index (χ1n) is 8.16. The van der Waals surface area contributed by atoms with Gasteiger partial charge in [0.25, 0.3) is 0 Å². The molecule has 0 spiro atoms. The van der Waals surface area contributed by atoms with Crippen molar-refractivity contribution in [3.05, 3.63) is 77.7 Å². The minimum atomic E-state index is 0.373. The van der Waals surface area contributed by atoms with Crippen molar-refractivity contribution in [1.29, 1.82) is 0 Å². The smallest absolute Gasteiger partial charge is 0.189 e. The number of halogens is 1. The van der Waals surface area contributed by atoms with Crippen LogP contribution in [0.15, 0.2) is 67.0 Å². The lowest BCUT2D eigenvalue weighted by Crippen LogP contribution is -2.03. The maximum absolute atomic E-state index is 6.52. The van der Waals surface area contributed by atoms with Crippen LogP contribution in [-0.2, 0) is 6.54 Å². The molecule has 0 aliphatic heterocycles. The summed E-state index contributed by atoms with van der Waals surface area (Å²) in [7, 11) is 0. The Hall–Kier alpha value is -3.25. The number of hydrogen-bond donors (Lipinski definition) is 0. The lowest BCUT2D eigenvalue weighted by molar-refractivity contribution is 0.712. The fourth-order valence-electron chi connectivity index (χ4n) is 3.16. The maximum Gasteiger partial charge on any atom is 0.189 e. The molecule has 3 aromatic heterocycles. The zero-order valence-electron chi connectivity index (χ0n) is 13.6. The van der Waals surface area contributed by atoms with Crippen molar-refractivity contribution in [3.8, 4) is 11.3 Å². The molecular weight excluding hydrogens is 348 g/mol. The fourth-order valence-corrected chi connectivity index (χ4v) is 3.44. The molecule has 0 amide bonds. The second kappa shape index (κ2) is 5.93. The van der Waals surface area contributed by atoms with E-state index in [1.807, 2.05) is 53.2 Å². The largest absolute Gasteiger partial charge is 0.256 e. The molecule has 26 heavy (non-hydrogen) atoms. The minimum Gasteiger partial charge on any atom is -0.256 e. The van der Waals surface area contributed by atoms with E-state index in [0.29, 0.717) is 17.3 Å². The van der Waals surface area contributed by atoms with Gasteiger partial charge >= 0.3 is 0 Å². The van der Waals surface area contributed by atoms with Gasteiger partial charge in [0.1, 0.15) is 17.5 Å². The van der Waals surface area contributed by atoms with Gasteiger partial charge in [0, 0.05) is 5.56 Å². The first kappa shape index (κ1) is 15.0.